The van der Waals surface area contributed by atoms with Crippen molar-refractivity contribution in [3.63, 3.8) is 0 Å². The van der Waals surface area contributed by atoms with E-state index in [0.717, 1.165) is 0 Å². The van der Waals surface area contributed by atoms with Crippen molar-refractivity contribution in [3.8, 4) is 0 Å². The number of alkyl carbamates (subject to hydrolysis) is 1. The Morgan fingerprint density at radius 2 is 1.50 bits per heavy atom. The first-order valence-electron chi connectivity index (χ1n) is 8.71. The number of nitrogens with one attached hydrogen (secondary N) is 1. The van der Waals surface area contributed by atoms with Gasteiger partial charge in [-0.25, -0.2) is 4.79 Å². The van der Waals surface area contributed by atoms with Crippen molar-refractivity contribution in [1.82, 2.24) is 14.5 Å². The minimum absolute atomic E-state index is 0. The van der Waals surface area contributed by atoms with Gasteiger partial charge in [0.05, 0.1) is 0 Å². The second-order valence-electron chi connectivity index (χ2n) is 6.68. The largest absolute Gasteiger partial charge is 0.444 e. The molecule has 0 aliphatic carbocycles. The van der Waals surface area contributed by atoms with Crippen LogP contribution >= 0.6 is 0 Å². The molecule has 156 valence electrons. The predicted molar refractivity (Wildman–Crippen MR) is 111 cm³/mol. The SMILES string of the molecule is C.CC(C)(C)OC(=O)NCCn1ccccc1=O.NCCn1ccccc1=O. The number of aromatic nitrogens is 2. The van der Waals surface area contributed by atoms with Crippen LogP contribution in [0, 0.1) is 0 Å². The lowest BCUT2D eigenvalue weighted by Crippen LogP contribution is -2.35. The molecule has 3 N–H and O–H groups in total. The van der Waals surface area contributed by atoms with Crippen molar-refractivity contribution in [2.45, 2.75) is 46.9 Å². The molecule has 0 aliphatic rings. The first-order chi connectivity index (χ1) is 12.7. The topological polar surface area (TPSA) is 108 Å². The standard InChI is InChI=1S/C12H18N2O3.C7H10N2O.CH4/c1-12(2,3)17-11(16)13-7-9-14-8-5-4-6-10(14)15;8-4-6-9-5-2-1-3-7(9)10;/h4-6,8H,7,9H2,1-3H3,(H,13,16);1-3,5H,4,6,8H2;1H4. The molecular formula is C20H32N4O4. The van der Waals surface area contributed by atoms with E-state index < -0.39 is 11.7 Å². The summed E-state index contributed by atoms with van der Waals surface area (Å²) in [5.74, 6) is 0. The summed E-state index contributed by atoms with van der Waals surface area (Å²) in [6, 6.07) is 9.99. The maximum Gasteiger partial charge on any atom is 0.407 e. The highest BCUT2D eigenvalue weighted by Crippen LogP contribution is 2.06. The number of nitrogens with two attached hydrogens (primary N) is 1. The molecule has 0 aliphatic heterocycles. The van der Waals surface area contributed by atoms with Gasteiger partial charge in [0.2, 0.25) is 0 Å². The number of amides is 1. The van der Waals surface area contributed by atoms with Gasteiger partial charge in [-0.1, -0.05) is 19.6 Å². The van der Waals surface area contributed by atoms with Crippen molar-refractivity contribution in [2.75, 3.05) is 13.1 Å². The summed E-state index contributed by atoms with van der Waals surface area (Å²) in [5.41, 5.74) is 4.69. The molecule has 1 amide bonds. The van der Waals surface area contributed by atoms with Crippen molar-refractivity contribution in [3.05, 3.63) is 69.5 Å². The molecule has 28 heavy (non-hydrogen) atoms. The van der Waals surface area contributed by atoms with Gasteiger partial charge in [-0.15, -0.1) is 0 Å². The highest BCUT2D eigenvalue weighted by atomic mass is 16.6. The van der Waals surface area contributed by atoms with Crippen molar-refractivity contribution >= 4 is 6.09 Å². The summed E-state index contributed by atoms with van der Waals surface area (Å²) in [6.45, 7) is 7.29. The molecule has 8 heteroatoms. The Morgan fingerprint density at radius 3 is 1.93 bits per heavy atom. The van der Waals surface area contributed by atoms with Gasteiger partial charge in [0.15, 0.2) is 0 Å². The summed E-state index contributed by atoms with van der Waals surface area (Å²) >= 11 is 0. The van der Waals surface area contributed by atoms with Gasteiger partial charge in [-0.2, -0.15) is 0 Å². The lowest BCUT2D eigenvalue weighted by atomic mass is 10.2. The molecule has 0 aromatic carbocycles. The maximum absolute atomic E-state index is 11.3. The Morgan fingerprint density at radius 1 is 1.00 bits per heavy atom. The molecule has 2 heterocycles. The normalized spacial score (nSPS) is 10.1. The van der Waals surface area contributed by atoms with E-state index in [9.17, 15) is 14.4 Å². The Balaban J connectivity index is 0.000000567. The molecule has 0 saturated heterocycles. The van der Waals surface area contributed by atoms with Crippen molar-refractivity contribution in [1.29, 1.82) is 0 Å². The molecule has 0 radical (unpaired) electrons. The zero-order valence-electron chi connectivity index (χ0n) is 16.1. The highest BCUT2D eigenvalue weighted by Gasteiger charge is 2.15. The van der Waals surface area contributed by atoms with Gasteiger partial charge in [0.1, 0.15) is 5.60 Å². The zero-order chi connectivity index (χ0) is 20.3. The van der Waals surface area contributed by atoms with E-state index >= 15 is 0 Å². The number of rotatable bonds is 5. The summed E-state index contributed by atoms with van der Waals surface area (Å²) in [7, 11) is 0. The summed E-state index contributed by atoms with van der Waals surface area (Å²) in [4.78, 5) is 33.6. The van der Waals surface area contributed by atoms with Crippen LogP contribution in [0.25, 0.3) is 0 Å². The van der Waals surface area contributed by atoms with Crippen LogP contribution in [0.3, 0.4) is 0 Å². The Labute approximate surface area is 165 Å². The molecule has 0 unspecified atom stereocenters. The number of hydrogen-bond donors (Lipinski definition) is 2. The van der Waals surface area contributed by atoms with Gasteiger partial charge in [0, 0.05) is 50.7 Å². The van der Waals surface area contributed by atoms with E-state index in [1.165, 1.54) is 16.7 Å². The lowest BCUT2D eigenvalue weighted by molar-refractivity contribution is 0.0526. The second-order valence-corrected chi connectivity index (χ2v) is 6.68. The number of ether oxygens (including phenoxy) is 1. The van der Waals surface area contributed by atoms with Gasteiger partial charge in [-0.3, -0.25) is 9.59 Å². The second kappa shape index (κ2) is 12.5. The smallest absolute Gasteiger partial charge is 0.407 e. The van der Waals surface area contributed by atoms with Crippen LogP contribution in [-0.4, -0.2) is 33.9 Å². The van der Waals surface area contributed by atoms with Crippen LogP contribution in [0.5, 0.6) is 0 Å². The van der Waals surface area contributed by atoms with Crippen LogP contribution in [-0.2, 0) is 17.8 Å². The molecule has 0 saturated carbocycles. The number of carbonyl (C=O) groups excluding carboxylic acids is 1. The third-order valence-corrected chi connectivity index (χ3v) is 3.19. The average molecular weight is 393 g/mol. The summed E-state index contributed by atoms with van der Waals surface area (Å²) < 4.78 is 8.18. The molecule has 2 aromatic heterocycles. The minimum Gasteiger partial charge on any atom is -0.444 e. The van der Waals surface area contributed by atoms with E-state index in [2.05, 4.69) is 5.32 Å². The fraction of sp³-hybridized carbons (Fsp3) is 0.450. The third-order valence-electron chi connectivity index (χ3n) is 3.19. The molecule has 0 spiro atoms. The lowest BCUT2D eigenvalue weighted by Gasteiger charge is -2.19. The molecular weight excluding hydrogens is 360 g/mol. The molecule has 0 bridgehead atoms. The van der Waals surface area contributed by atoms with Gasteiger partial charge < -0.3 is 24.9 Å². The predicted octanol–water partition coefficient (Wildman–Crippen LogP) is 1.82. The minimum atomic E-state index is -0.506. The maximum atomic E-state index is 11.3. The monoisotopic (exact) mass is 392 g/mol. The van der Waals surface area contributed by atoms with E-state index in [4.69, 9.17) is 10.5 Å². The Bertz CT molecular complexity index is 821. The number of nitrogens with zero attached hydrogens (tertiary/aromatic N) is 2. The molecule has 8 nitrogen and oxygen atoms in total. The number of hydrogen-bond acceptors (Lipinski definition) is 5. The number of pyridine rings is 2. The molecule has 2 aromatic rings. The first-order valence-corrected chi connectivity index (χ1v) is 8.71. The van der Waals surface area contributed by atoms with Crippen LogP contribution in [0.2, 0.25) is 0 Å². The highest BCUT2D eigenvalue weighted by molar-refractivity contribution is 5.67. The van der Waals surface area contributed by atoms with Crippen LogP contribution in [0.4, 0.5) is 4.79 Å². The van der Waals surface area contributed by atoms with Crippen LogP contribution in [0.1, 0.15) is 28.2 Å². The Kier molecular flexibility index (Phi) is 11.2. The van der Waals surface area contributed by atoms with Crippen molar-refractivity contribution < 1.29 is 9.53 Å². The summed E-state index contributed by atoms with van der Waals surface area (Å²) in [5, 5.41) is 2.59. The van der Waals surface area contributed by atoms with Gasteiger partial charge in [-0.05, 0) is 32.9 Å². The van der Waals surface area contributed by atoms with Gasteiger partial charge in [0.25, 0.3) is 11.1 Å². The third kappa shape index (κ3) is 10.3. The van der Waals surface area contributed by atoms with E-state index in [-0.39, 0.29) is 18.5 Å². The van der Waals surface area contributed by atoms with E-state index in [1.807, 2.05) is 6.07 Å². The van der Waals surface area contributed by atoms with Gasteiger partial charge >= 0.3 is 6.09 Å². The zero-order valence-corrected chi connectivity index (χ0v) is 16.1. The Hall–Kier alpha value is -2.87. The van der Waals surface area contributed by atoms with Crippen molar-refractivity contribution in [2.24, 2.45) is 5.73 Å². The van der Waals surface area contributed by atoms with E-state index in [0.29, 0.717) is 26.2 Å². The fourth-order valence-corrected chi connectivity index (χ4v) is 2.02. The average Bonchev–Trinajstić information content (AvgIpc) is 2.58. The van der Waals surface area contributed by atoms with Crippen LogP contribution in [0.15, 0.2) is 58.4 Å². The molecule has 2 rings (SSSR count). The quantitative estimate of drug-likeness (QED) is 0.807. The molecule has 0 fully saturated rings. The first kappa shape index (κ1) is 25.1. The van der Waals surface area contributed by atoms with Crippen LogP contribution < -0.4 is 22.2 Å². The summed E-state index contributed by atoms with van der Waals surface area (Å²) in [6.07, 6.45) is 2.94. The van der Waals surface area contributed by atoms with E-state index in [1.54, 1.807) is 55.9 Å². The number of carbonyl (C=O) groups is 1. The molecule has 0 atom stereocenters. The fourth-order valence-electron chi connectivity index (χ4n) is 2.02.